The zero-order chi connectivity index (χ0) is 13.0. The number of nitrogens with one attached hydrogen (secondary N) is 2. The van der Waals surface area contributed by atoms with Crippen LogP contribution in [0.1, 0.15) is 18.2 Å². The number of H-pyrrole nitrogens is 1. The first-order valence-electron chi connectivity index (χ1n) is 5.92. The molecular weight excluding hydrogens is 228 g/mol. The van der Waals surface area contributed by atoms with Crippen molar-refractivity contribution in [2.75, 3.05) is 7.05 Å². The second-order valence-corrected chi connectivity index (χ2v) is 4.00. The molecule has 2 N–H and O–H groups in total. The molecule has 18 heavy (non-hydrogen) atoms. The lowest BCUT2D eigenvalue weighted by molar-refractivity contribution is 0.784. The molecule has 0 saturated carbocycles. The third-order valence-electron chi connectivity index (χ3n) is 2.69. The summed E-state index contributed by atoms with van der Waals surface area (Å²) in [6.07, 6.45) is 4.36. The Kier molecular flexibility index (Phi) is 3.84. The van der Waals surface area contributed by atoms with E-state index in [-0.39, 0.29) is 5.56 Å². The third kappa shape index (κ3) is 2.62. The zero-order valence-corrected chi connectivity index (χ0v) is 10.5. The van der Waals surface area contributed by atoms with E-state index in [0.29, 0.717) is 12.4 Å². The summed E-state index contributed by atoms with van der Waals surface area (Å²) >= 11 is 0. The maximum Gasteiger partial charge on any atom is 0.251 e. The summed E-state index contributed by atoms with van der Waals surface area (Å²) in [5, 5.41) is 2.99. The minimum Gasteiger partial charge on any atom is -0.314 e. The Balaban J connectivity index is 2.53. The van der Waals surface area contributed by atoms with Crippen LogP contribution in [-0.2, 0) is 13.0 Å². The van der Waals surface area contributed by atoms with Gasteiger partial charge in [0, 0.05) is 30.6 Å². The van der Waals surface area contributed by atoms with Gasteiger partial charge in [-0.1, -0.05) is 6.92 Å². The van der Waals surface area contributed by atoms with Crippen molar-refractivity contribution in [2.45, 2.75) is 19.9 Å². The Hall–Kier alpha value is -2.01. The first-order chi connectivity index (χ1) is 8.74. The molecule has 0 unspecified atom stereocenters. The number of hydrogen-bond donors (Lipinski definition) is 2. The Morgan fingerprint density at radius 3 is 3.00 bits per heavy atom. The van der Waals surface area contributed by atoms with Gasteiger partial charge in [0.15, 0.2) is 0 Å². The summed E-state index contributed by atoms with van der Waals surface area (Å²) in [7, 11) is 1.83. The van der Waals surface area contributed by atoms with Crippen LogP contribution >= 0.6 is 0 Å². The summed E-state index contributed by atoms with van der Waals surface area (Å²) in [5.41, 5.74) is 2.60. The molecule has 0 atom stereocenters. The highest BCUT2D eigenvalue weighted by Crippen LogP contribution is 2.18. The van der Waals surface area contributed by atoms with Crippen LogP contribution in [0.2, 0.25) is 0 Å². The molecule has 0 bridgehead atoms. The van der Waals surface area contributed by atoms with Gasteiger partial charge in [-0.25, -0.2) is 4.98 Å². The van der Waals surface area contributed by atoms with E-state index in [9.17, 15) is 4.79 Å². The van der Waals surface area contributed by atoms with Gasteiger partial charge < -0.3 is 10.3 Å². The Bertz CT molecular complexity index is 592. The van der Waals surface area contributed by atoms with Gasteiger partial charge in [-0.15, -0.1) is 0 Å². The maximum atomic E-state index is 11.6. The fraction of sp³-hybridized carbons (Fsp3) is 0.308. The molecule has 0 amide bonds. The van der Waals surface area contributed by atoms with Crippen molar-refractivity contribution in [1.82, 2.24) is 20.3 Å². The predicted molar refractivity (Wildman–Crippen MR) is 70.2 cm³/mol. The summed E-state index contributed by atoms with van der Waals surface area (Å²) in [6.45, 7) is 2.62. The van der Waals surface area contributed by atoms with E-state index < -0.39 is 0 Å². The van der Waals surface area contributed by atoms with E-state index in [1.54, 1.807) is 12.4 Å². The summed E-state index contributed by atoms with van der Waals surface area (Å²) < 4.78 is 0. The SMILES string of the molecule is CCc1cnccc1-c1nc(CNC)cc(=O)[nH]1. The molecule has 0 fully saturated rings. The standard InChI is InChI=1S/C13H16N4O/c1-3-9-7-15-5-4-11(9)13-16-10(8-14-2)6-12(18)17-13/h4-7,14H,3,8H2,1-2H3,(H,16,17,18). The summed E-state index contributed by atoms with van der Waals surface area (Å²) in [4.78, 5) is 22.9. The van der Waals surface area contributed by atoms with Gasteiger partial charge in [0.25, 0.3) is 5.56 Å². The second kappa shape index (κ2) is 5.55. The molecule has 0 saturated heterocycles. The molecule has 2 aromatic rings. The van der Waals surface area contributed by atoms with Crippen molar-refractivity contribution < 1.29 is 0 Å². The zero-order valence-electron chi connectivity index (χ0n) is 10.5. The lowest BCUT2D eigenvalue weighted by Crippen LogP contribution is -2.15. The first-order valence-corrected chi connectivity index (χ1v) is 5.92. The highest BCUT2D eigenvalue weighted by Gasteiger charge is 2.07. The van der Waals surface area contributed by atoms with Crippen molar-refractivity contribution in [3.05, 3.63) is 46.1 Å². The van der Waals surface area contributed by atoms with E-state index in [4.69, 9.17) is 0 Å². The van der Waals surface area contributed by atoms with Gasteiger partial charge >= 0.3 is 0 Å². The second-order valence-electron chi connectivity index (χ2n) is 4.00. The van der Waals surface area contributed by atoms with Crippen LogP contribution in [-0.4, -0.2) is 22.0 Å². The lowest BCUT2D eigenvalue weighted by Gasteiger charge is -2.07. The molecule has 0 spiro atoms. The fourth-order valence-corrected chi connectivity index (χ4v) is 1.85. The van der Waals surface area contributed by atoms with Gasteiger partial charge in [0.05, 0.1) is 5.69 Å². The monoisotopic (exact) mass is 244 g/mol. The van der Waals surface area contributed by atoms with E-state index in [0.717, 1.165) is 23.2 Å². The fourth-order valence-electron chi connectivity index (χ4n) is 1.85. The number of aromatic nitrogens is 3. The average molecular weight is 244 g/mol. The number of rotatable bonds is 4. The molecule has 2 heterocycles. The minimum absolute atomic E-state index is 0.135. The quantitative estimate of drug-likeness (QED) is 0.845. The van der Waals surface area contributed by atoms with E-state index >= 15 is 0 Å². The van der Waals surface area contributed by atoms with Gasteiger partial charge in [-0.2, -0.15) is 0 Å². The van der Waals surface area contributed by atoms with Crippen LogP contribution in [0.3, 0.4) is 0 Å². The third-order valence-corrected chi connectivity index (χ3v) is 2.69. The molecule has 5 heteroatoms. The summed E-state index contributed by atoms with van der Waals surface area (Å²) in [5.74, 6) is 0.604. The van der Waals surface area contributed by atoms with Crippen molar-refractivity contribution in [3.8, 4) is 11.4 Å². The molecule has 5 nitrogen and oxygen atoms in total. The molecule has 0 aliphatic rings. The topological polar surface area (TPSA) is 70.7 Å². The molecule has 94 valence electrons. The minimum atomic E-state index is -0.135. The van der Waals surface area contributed by atoms with Crippen LogP contribution in [0.5, 0.6) is 0 Å². The lowest BCUT2D eigenvalue weighted by atomic mass is 10.1. The van der Waals surface area contributed by atoms with Crippen LogP contribution in [0, 0.1) is 0 Å². The van der Waals surface area contributed by atoms with E-state index in [1.807, 2.05) is 13.1 Å². The highest BCUT2D eigenvalue weighted by molar-refractivity contribution is 5.59. The van der Waals surface area contributed by atoms with E-state index in [1.165, 1.54) is 6.07 Å². The number of aromatic amines is 1. The maximum absolute atomic E-state index is 11.6. The molecular formula is C13H16N4O. The van der Waals surface area contributed by atoms with Crippen molar-refractivity contribution >= 4 is 0 Å². The molecule has 0 aliphatic heterocycles. The van der Waals surface area contributed by atoms with Gasteiger partial charge in [0.2, 0.25) is 0 Å². The van der Waals surface area contributed by atoms with Crippen LogP contribution in [0.4, 0.5) is 0 Å². The van der Waals surface area contributed by atoms with Crippen molar-refractivity contribution in [1.29, 1.82) is 0 Å². The van der Waals surface area contributed by atoms with Crippen molar-refractivity contribution in [2.24, 2.45) is 0 Å². The number of nitrogens with zero attached hydrogens (tertiary/aromatic N) is 2. The largest absolute Gasteiger partial charge is 0.314 e. The normalized spacial score (nSPS) is 10.6. The molecule has 2 rings (SSSR count). The predicted octanol–water partition coefficient (Wildman–Crippen LogP) is 1.11. The first kappa shape index (κ1) is 12.4. The smallest absolute Gasteiger partial charge is 0.251 e. The molecule has 2 aromatic heterocycles. The molecule has 0 aliphatic carbocycles. The van der Waals surface area contributed by atoms with Gasteiger partial charge in [-0.05, 0) is 25.1 Å². The Morgan fingerprint density at radius 1 is 1.44 bits per heavy atom. The molecule has 0 radical (unpaired) electrons. The van der Waals surface area contributed by atoms with Crippen LogP contribution in [0.25, 0.3) is 11.4 Å². The molecule has 0 aromatic carbocycles. The number of pyridine rings is 1. The number of hydrogen-bond acceptors (Lipinski definition) is 4. The Labute approximate surface area is 105 Å². The van der Waals surface area contributed by atoms with E-state index in [2.05, 4.69) is 27.2 Å². The highest BCUT2D eigenvalue weighted by atomic mass is 16.1. The van der Waals surface area contributed by atoms with Crippen molar-refractivity contribution in [3.63, 3.8) is 0 Å². The average Bonchev–Trinajstić information content (AvgIpc) is 2.38. The Morgan fingerprint density at radius 2 is 2.28 bits per heavy atom. The summed E-state index contributed by atoms with van der Waals surface area (Å²) in [6, 6.07) is 3.38. The van der Waals surface area contributed by atoms with Gasteiger partial charge in [-0.3, -0.25) is 9.78 Å². The van der Waals surface area contributed by atoms with Gasteiger partial charge in [0.1, 0.15) is 5.82 Å². The van der Waals surface area contributed by atoms with Crippen LogP contribution in [0.15, 0.2) is 29.3 Å². The van der Waals surface area contributed by atoms with Crippen LogP contribution < -0.4 is 10.9 Å². The number of aryl methyl sites for hydroxylation is 1.